The van der Waals surface area contributed by atoms with Gasteiger partial charge in [0.2, 0.25) is 0 Å². The molecule has 64 valence electrons. The Morgan fingerprint density at radius 2 is 1.83 bits per heavy atom. The Morgan fingerprint density at radius 1 is 1.25 bits per heavy atom. The molecule has 0 aromatic heterocycles. The Kier molecular flexibility index (Phi) is 2.38. The summed E-state index contributed by atoms with van der Waals surface area (Å²) in [5.41, 5.74) is -0.999. The molecule has 0 heterocycles. The summed E-state index contributed by atoms with van der Waals surface area (Å²) in [6, 6.07) is 3.48. The number of phenols is 1. The maximum absolute atomic E-state index is 12.1. The van der Waals surface area contributed by atoms with Crippen molar-refractivity contribution in [2.24, 2.45) is 0 Å². The van der Waals surface area contributed by atoms with Crippen LogP contribution in [0.5, 0.6) is 5.75 Å². The van der Waals surface area contributed by atoms with Crippen molar-refractivity contribution < 1.29 is 18.3 Å². The van der Waals surface area contributed by atoms with Gasteiger partial charge in [0, 0.05) is 0 Å². The average Bonchev–Trinajstić information content (AvgIpc) is 1.92. The molecule has 0 amide bonds. The number of rotatable bonds is 0. The van der Waals surface area contributed by atoms with Gasteiger partial charge in [-0.15, -0.1) is 0 Å². The first-order chi connectivity index (χ1) is 5.43. The summed E-state index contributed by atoms with van der Waals surface area (Å²) in [4.78, 5) is 0. The maximum atomic E-state index is 12.1. The first-order valence-electron chi connectivity index (χ1n) is 3.01. The van der Waals surface area contributed by atoms with Crippen LogP contribution in [-0.4, -0.2) is 22.0 Å². The van der Waals surface area contributed by atoms with E-state index in [4.69, 9.17) is 5.11 Å². The molecule has 0 atom stereocenters. The van der Waals surface area contributed by atoms with Crippen molar-refractivity contribution in [1.29, 1.82) is 0 Å². The minimum absolute atomic E-state index is 0.164. The van der Waals surface area contributed by atoms with Crippen LogP contribution in [0, 0.1) is 0 Å². The topological polar surface area (TPSA) is 20.2 Å². The minimum atomic E-state index is -4.49. The van der Waals surface area contributed by atoms with Crippen LogP contribution in [0.15, 0.2) is 18.2 Å². The standard InChI is InChI=1S/C7H4AsF3O/c8-5-3-1-2-4(6(5)12)7(9,10)11/h1-3,12H. The first-order valence-corrected chi connectivity index (χ1v) is 3.95. The number of hydrogen-bond acceptors (Lipinski definition) is 1. The predicted molar refractivity (Wildman–Crippen MR) is 38.5 cm³/mol. The Morgan fingerprint density at radius 3 is 2.25 bits per heavy atom. The number of alkyl halides is 3. The number of hydrogen-bond donors (Lipinski definition) is 1. The van der Waals surface area contributed by atoms with Gasteiger partial charge in [-0.2, -0.15) is 0 Å². The SMILES string of the molecule is Oc1c([As])cccc1C(F)(F)F. The Hall–Kier alpha value is -0.632. The van der Waals surface area contributed by atoms with Crippen molar-refractivity contribution in [3.63, 3.8) is 0 Å². The molecule has 1 aromatic carbocycles. The van der Waals surface area contributed by atoms with Crippen molar-refractivity contribution in [3.8, 4) is 5.75 Å². The van der Waals surface area contributed by atoms with E-state index in [9.17, 15) is 13.2 Å². The van der Waals surface area contributed by atoms with E-state index in [1.165, 1.54) is 12.1 Å². The summed E-state index contributed by atoms with van der Waals surface area (Å²) in [6.07, 6.45) is -4.49. The van der Waals surface area contributed by atoms with Gasteiger partial charge in [0.05, 0.1) is 0 Å². The Labute approximate surface area is 75.7 Å². The summed E-state index contributed by atoms with van der Waals surface area (Å²) in [6.45, 7) is 0. The quantitative estimate of drug-likeness (QED) is 0.671. The van der Waals surface area contributed by atoms with Crippen LogP contribution in [0.4, 0.5) is 13.2 Å². The van der Waals surface area contributed by atoms with Gasteiger partial charge in [-0.05, 0) is 0 Å². The zero-order chi connectivity index (χ0) is 9.35. The monoisotopic (exact) mass is 236 g/mol. The fourth-order valence-electron chi connectivity index (χ4n) is 0.760. The second-order valence-electron chi connectivity index (χ2n) is 2.17. The molecule has 0 spiro atoms. The van der Waals surface area contributed by atoms with Crippen molar-refractivity contribution in [2.75, 3.05) is 0 Å². The summed E-state index contributed by atoms with van der Waals surface area (Å²) in [5, 5.41) is 9.00. The van der Waals surface area contributed by atoms with Crippen LogP contribution in [0.2, 0.25) is 0 Å². The molecule has 0 unspecified atom stereocenters. The van der Waals surface area contributed by atoms with E-state index < -0.39 is 17.5 Å². The van der Waals surface area contributed by atoms with Crippen LogP contribution < -0.4 is 4.35 Å². The second-order valence-corrected chi connectivity index (χ2v) is 3.18. The summed E-state index contributed by atoms with van der Waals surface area (Å²) < 4.78 is 36.3. The molecule has 0 aliphatic heterocycles. The Balaban J connectivity index is 3.26. The molecule has 0 saturated heterocycles. The molecule has 1 rings (SSSR count). The van der Waals surface area contributed by atoms with Crippen LogP contribution >= 0.6 is 0 Å². The number of halogens is 3. The number of phenolic OH excluding ortho intramolecular Hbond substituents is 1. The normalized spacial score (nSPS) is 11.7. The van der Waals surface area contributed by atoms with Gasteiger partial charge in [0.25, 0.3) is 0 Å². The Bertz CT molecular complexity index is 295. The molecular formula is C7H4AsF3O. The van der Waals surface area contributed by atoms with E-state index in [0.29, 0.717) is 0 Å². The molecule has 1 nitrogen and oxygen atoms in total. The van der Waals surface area contributed by atoms with E-state index >= 15 is 0 Å². The van der Waals surface area contributed by atoms with Crippen molar-refractivity contribution in [1.82, 2.24) is 0 Å². The van der Waals surface area contributed by atoms with Gasteiger partial charge < -0.3 is 0 Å². The fourth-order valence-corrected chi connectivity index (χ4v) is 1.19. The van der Waals surface area contributed by atoms with Gasteiger partial charge in [-0.25, -0.2) is 0 Å². The van der Waals surface area contributed by atoms with E-state index in [1.54, 1.807) is 0 Å². The molecule has 0 fully saturated rings. The molecule has 0 saturated carbocycles. The molecule has 1 N–H and O–H groups in total. The van der Waals surface area contributed by atoms with E-state index in [-0.39, 0.29) is 4.35 Å². The number of aromatic hydroxyl groups is 1. The third kappa shape index (κ3) is 1.75. The van der Waals surface area contributed by atoms with Crippen molar-refractivity contribution >= 4 is 21.2 Å². The van der Waals surface area contributed by atoms with E-state index in [2.05, 4.69) is 0 Å². The molecule has 0 aliphatic rings. The first kappa shape index (κ1) is 9.46. The molecule has 0 bridgehead atoms. The number of benzene rings is 1. The van der Waals surface area contributed by atoms with Gasteiger partial charge >= 0.3 is 75.2 Å². The molecule has 2 radical (unpaired) electrons. The van der Waals surface area contributed by atoms with Gasteiger partial charge in [0.1, 0.15) is 0 Å². The third-order valence-electron chi connectivity index (χ3n) is 1.32. The van der Waals surface area contributed by atoms with E-state index in [1.807, 2.05) is 16.9 Å². The van der Waals surface area contributed by atoms with Gasteiger partial charge in [-0.3, -0.25) is 0 Å². The fraction of sp³-hybridized carbons (Fsp3) is 0.143. The van der Waals surface area contributed by atoms with Crippen molar-refractivity contribution in [2.45, 2.75) is 6.18 Å². The van der Waals surface area contributed by atoms with E-state index in [0.717, 1.165) is 6.07 Å². The molecule has 12 heavy (non-hydrogen) atoms. The van der Waals surface area contributed by atoms with Crippen LogP contribution in [-0.2, 0) is 6.18 Å². The third-order valence-corrected chi connectivity index (χ3v) is 2.08. The predicted octanol–water partition coefficient (Wildman–Crippen LogP) is 1.20. The summed E-state index contributed by atoms with van der Waals surface area (Å²) >= 11 is 1.88. The molecule has 5 heteroatoms. The number of para-hydroxylation sites is 1. The summed E-state index contributed by atoms with van der Waals surface area (Å²) in [5.74, 6) is -0.718. The van der Waals surface area contributed by atoms with Gasteiger partial charge in [-0.1, -0.05) is 0 Å². The zero-order valence-corrected chi connectivity index (χ0v) is 7.64. The molecular weight excluding hydrogens is 232 g/mol. The van der Waals surface area contributed by atoms with Crippen LogP contribution in [0.1, 0.15) is 5.56 Å². The molecule has 1 aromatic rings. The van der Waals surface area contributed by atoms with Gasteiger partial charge in [0.15, 0.2) is 0 Å². The van der Waals surface area contributed by atoms with Crippen molar-refractivity contribution in [3.05, 3.63) is 23.8 Å². The average molecular weight is 236 g/mol. The summed E-state index contributed by atoms with van der Waals surface area (Å²) in [7, 11) is 0. The molecule has 0 aliphatic carbocycles. The van der Waals surface area contributed by atoms with Crippen LogP contribution in [0.25, 0.3) is 0 Å². The van der Waals surface area contributed by atoms with Crippen LogP contribution in [0.3, 0.4) is 0 Å². The zero-order valence-electron chi connectivity index (χ0n) is 5.76. The second kappa shape index (κ2) is 3.02.